The molecule has 0 atom stereocenters. The number of carbonyl (C=O) groups is 1. The summed E-state index contributed by atoms with van der Waals surface area (Å²) in [6.07, 6.45) is 1.36. The first-order valence-corrected chi connectivity index (χ1v) is 8.41. The van der Waals surface area contributed by atoms with Crippen molar-refractivity contribution in [2.24, 2.45) is 0 Å². The summed E-state index contributed by atoms with van der Waals surface area (Å²) >= 11 is 0. The molecule has 0 aliphatic rings. The molecule has 3 aromatic rings. The molecule has 3 rings (SSSR count). The van der Waals surface area contributed by atoms with Crippen molar-refractivity contribution in [1.29, 1.82) is 0 Å². The number of halogens is 1. The summed E-state index contributed by atoms with van der Waals surface area (Å²) in [6, 6.07) is 8.46. The van der Waals surface area contributed by atoms with Gasteiger partial charge in [0.15, 0.2) is 12.4 Å². The number of benzene rings is 2. The fourth-order valence-electron chi connectivity index (χ4n) is 2.53. The summed E-state index contributed by atoms with van der Waals surface area (Å²) in [6.45, 7) is 1.35. The minimum atomic E-state index is -0.717. The van der Waals surface area contributed by atoms with E-state index in [0.717, 1.165) is 22.9 Å². The molecular weight excluding hydrogens is 401 g/mol. The van der Waals surface area contributed by atoms with E-state index in [-0.39, 0.29) is 29.5 Å². The molecule has 30 heavy (non-hydrogen) atoms. The predicted molar refractivity (Wildman–Crippen MR) is 102 cm³/mol. The number of anilines is 1. The quantitative estimate of drug-likeness (QED) is 0.460. The lowest BCUT2D eigenvalue weighted by Gasteiger charge is -2.07. The average Bonchev–Trinajstić information content (AvgIpc) is 3.16. The van der Waals surface area contributed by atoms with Crippen LogP contribution in [0.2, 0.25) is 0 Å². The van der Waals surface area contributed by atoms with Gasteiger partial charge in [-0.25, -0.2) is 9.07 Å². The second-order valence-corrected chi connectivity index (χ2v) is 6.11. The lowest BCUT2D eigenvalue weighted by atomic mass is 10.2. The monoisotopic (exact) mass is 415 g/mol. The SMILES string of the molecule is Cc1ccc(NC(=O)c2ccn(COc3cc(F)ccc3[N+](=O)[O-])n2)c([N+](=O)[O-])c1. The van der Waals surface area contributed by atoms with Crippen LogP contribution in [-0.2, 0) is 6.73 Å². The Morgan fingerprint density at radius 2 is 1.87 bits per heavy atom. The minimum Gasteiger partial charge on any atom is -0.464 e. The molecule has 1 amide bonds. The van der Waals surface area contributed by atoms with Gasteiger partial charge in [0, 0.05) is 24.4 Å². The number of nitrogens with one attached hydrogen (secondary N) is 1. The first-order valence-electron chi connectivity index (χ1n) is 8.41. The molecule has 1 N–H and O–H groups in total. The highest BCUT2D eigenvalue weighted by Crippen LogP contribution is 2.28. The Balaban J connectivity index is 1.72. The number of ether oxygens (including phenoxy) is 1. The van der Waals surface area contributed by atoms with E-state index in [2.05, 4.69) is 10.4 Å². The van der Waals surface area contributed by atoms with Gasteiger partial charge in [-0.1, -0.05) is 6.07 Å². The predicted octanol–water partition coefficient (Wildman–Crippen LogP) is 3.44. The zero-order valence-corrected chi connectivity index (χ0v) is 15.4. The van der Waals surface area contributed by atoms with Gasteiger partial charge < -0.3 is 10.1 Å². The fourth-order valence-corrected chi connectivity index (χ4v) is 2.53. The van der Waals surface area contributed by atoms with Crippen LogP contribution in [0.15, 0.2) is 48.7 Å². The molecule has 12 heteroatoms. The van der Waals surface area contributed by atoms with Gasteiger partial charge in [-0.2, -0.15) is 5.10 Å². The maximum absolute atomic E-state index is 13.3. The van der Waals surface area contributed by atoms with Gasteiger partial charge in [0.25, 0.3) is 11.6 Å². The number of hydrogen-bond donors (Lipinski definition) is 1. The smallest absolute Gasteiger partial charge is 0.311 e. The lowest BCUT2D eigenvalue weighted by molar-refractivity contribution is -0.386. The van der Waals surface area contributed by atoms with Crippen LogP contribution in [-0.4, -0.2) is 25.5 Å². The molecule has 0 radical (unpaired) electrons. The van der Waals surface area contributed by atoms with Crippen molar-refractivity contribution >= 4 is 23.0 Å². The van der Waals surface area contributed by atoms with Crippen LogP contribution < -0.4 is 10.1 Å². The van der Waals surface area contributed by atoms with E-state index in [9.17, 15) is 29.4 Å². The molecule has 0 spiro atoms. The second-order valence-electron chi connectivity index (χ2n) is 6.11. The number of aromatic nitrogens is 2. The Morgan fingerprint density at radius 3 is 2.57 bits per heavy atom. The minimum absolute atomic E-state index is 0.0109. The molecule has 11 nitrogen and oxygen atoms in total. The Bertz CT molecular complexity index is 1150. The van der Waals surface area contributed by atoms with Gasteiger partial charge in [-0.15, -0.1) is 0 Å². The Morgan fingerprint density at radius 1 is 1.13 bits per heavy atom. The average molecular weight is 415 g/mol. The van der Waals surface area contributed by atoms with Gasteiger partial charge in [-0.05, 0) is 30.7 Å². The van der Waals surface area contributed by atoms with Crippen molar-refractivity contribution in [2.45, 2.75) is 13.7 Å². The van der Waals surface area contributed by atoms with E-state index >= 15 is 0 Å². The highest BCUT2D eigenvalue weighted by atomic mass is 19.1. The van der Waals surface area contributed by atoms with Gasteiger partial charge in [0.2, 0.25) is 5.75 Å². The maximum Gasteiger partial charge on any atom is 0.311 e. The molecule has 2 aromatic carbocycles. The third-order valence-electron chi connectivity index (χ3n) is 3.94. The van der Waals surface area contributed by atoms with Crippen LogP contribution in [0.1, 0.15) is 16.1 Å². The van der Waals surface area contributed by atoms with Gasteiger partial charge >= 0.3 is 5.69 Å². The van der Waals surface area contributed by atoms with Crippen molar-refractivity contribution in [2.75, 3.05) is 5.32 Å². The summed E-state index contributed by atoms with van der Waals surface area (Å²) in [4.78, 5) is 33.2. The summed E-state index contributed by atoms with van der Waals surface area (Å²) in [7, 11) is 0. The van der Waals surface area contributed by atoms with E-state index < -0.39 is 27.3 Å². The maximum atomic E-state index is 13.3. The van der Waals surface area contributed by atoms with E-state index in [1.165, 1.54) is 24.4 Å². The van der Waals surface area contributed by atoms with E-state index in [1.807, 2.05) is 0 Å². The molecule has 1 heterocycles. The lowest BCUT2D eigenvalue weighted by Crippen LogP contribution is -2.15. The summed E-state index contributed by atoms with van der Waals surface area (Å²) in [5, 5.41) is 28.5. The summed E-state index contributed by atoms with van der Waals surface area (Å²) in [5.41, 5.74) is -0.0794. The molecule has 0 saturated carbocycles. The second kappa shape index (κ2) is 8.34. The molecule has 0 unspecified atom stereocenters. The van der Waals surface area contributed by atoms with Gasteiger partial charge in [0.05, 0.1) is 9.85 Å². The van der Waals surface area contributed by atoms with Gasteiger partial charge in [0.1, 0.15) is 11.5 Å². The van der Waals surface area contributed by atoms with Crippen molar-refractivity contribution in [1.82, 2.24) is 9.78 Å². The highest BCUT2D eigenvalue weighted by Gasteiger charge is 2.19. The molecule has 0 fully saturated rings. The van der Waals surface area contributed by atoms with Crippen molar-refractivity contribution in [3.05, 3.63) is 86.0 Å². The molecule has 154 valence electrons. The number of aryl methyl sites for hydroxylation is 1. The van der Waals surface area contributed by atoms with Crippen LogP contribution in [0.3, 0.4) is 0 Å². The molecule has 1 aromatic heterocycles. The van der Waals surface area contributed by atoms with Crippen LogP contribution in [0.25, 0.3) is 0 Å². The van der Waals surface area contributed by atoms with Crippen molar-refractivity contribution < 1.29 is 23.8 Å². The normalized spacial score (nSPS) is 10.5. The Labute approximate surface area is 168 Å². The summed E-state index contributed by atoms with van der Waals surface area (Å²) in [5.74, 6) is -1.70. The molecule has 0 bridgehead atoms. The van der Waals surface area contributed by atoms with Crippen LogP contribution in [0.5, 0.6) is 5.75 Å². The number of amides is 1. The zero-order chi connectivity index (χ0) is 21.8. The standard InChI is InChI=1S/C18H14FN5O6/c1-11-2-4-13(16(8-11)24(28)29)20-18(25)14-6-7-22(21-14)10-30-17-9-12(19)3-5-15(17)23(26)27/h2-9H,10H2,1H3,(H,20,25). The molecule has 0 aliphatic carbocycles. The van der Waals surface area contributed by atoms with E-state index in [1.54, 1.807) is 13.0 Å². The topological polar surface area (TPSA) is 142 Å². The number of nitrogens with zero attached hydrogens (tertiary/aromatic N) is 4. The van der Waals surface area contributed by atoms with Crippen LogP contribution in [0, 0.1) is 33.0 Å². The van der Waals surface area contributed by atoms with Crippen molar-refractivity contribution in [3.8, 4) is 5.75 Å². The highest BCUT2D eigenvalue weighted by molar-refractivity contribution is 6.04. The number of nitro groups is 2. The number of rotatable bonds is 7. The number of nitro benzene ring substituents is 2. The van der Waals surface area contributed by atoms with Gasteiger partial charge in [-0.3, -0.25) is 25.0 Å². The van der Waals surface area contributed by atoms with Crippen LogP contribution in [0.4, 0.5) is 21.5 Å². The van der Waals surface area contributed by atoms with E-state index in [4.69, 9.17) is 4.74 Å². The fraction of sp³-hybridized carbons (Fsp3) is 0.111. The third-order valence-corrected chi connectivity index (χ3v) is 3.94. The first-order chi connectivity index (χ1) is 14.2. The van der Waals surface area contributed by atoms with Crippen LogP contribution >= 0.6 is 0 Å². The Hall–Kier alpha value is -4.35. The Kier molecular flexibility index (Phi) is 5.67. The molecule has 0 aliphatic heterocycles. The first kappa shape index (κ1) is 20.4. The third kappa shape index (κ3) is 4.55. The number of carbonyl (C=O) groups excluding carboxylic acids is 1. The summed E-state index contributed by atoms with van der Waals surface area (Å²) < 4.78 is 19.7. The van der Waals surface area contributed by atoms with Crippen molar-refractivity contribution in [3.63, 3.8) is 0 Å². The molecular formula is C18H14FN5O6. The largest absolute Gasteiger partial charge is 0.464 e. The van der Waals surface area contributed by atoms with E-state index in [0.29, 0.717) is 5.56 Å². The zero-order valence-electron chi connectivity index (χ0n) is 15.4. The molecule has 0 saturated heterocycles. The number of hydrogen-bond acceptors (Lipinski definition) is 7.